The van der Waals surface area contributed by atoms with Crippen LogP contribution in [0.25, 0.3) is 0 Å². The second-order valence-electron chi connectivity index (χ2n) is 7.52. The number of amides is 1. The Bertz CT molecular complexity index is 1060. The maximum absolute atomic E-state index is 14.4. The van der Waals surface area contributed by atoms with Gasteiger partial charge < -0.3 is 20.6 Å². The van der Waals surface area contributed by atoms with E-state index in [4.69, 9.17) is 0 Å². The van der Waals surface area contributed by atoms with Crippen molar-refractivity contribution in [3.63, 3.8) is 0 Å². The van der Waals surface area contributed by atoms with Gasteiger partial charge >= 0.3 is 0 Å². The molecule has 1 aliphatic heterocycles. The normalized spacial score (nSPS) is 14.4. The number of piperidine rings is 1. The predicted octanol–water partition coefficient (Wildman–Crippen LogP) is 4.92. The minimum atomic E-state index is -0.608. The number of nitrogens with one attached hydrogen (secondary N) is 2. The molecule has 0 aliphatic carbocycles. The molecule has 0 saturated carbocycles. The first kappa shape index (κ1) is 20.8. The Kier molecular flexibility index (Phi) is 6.13. The highest BCUT2D eigenvalue weighted by atomic mass is 19.1. The van der Waals surface area contributed by atoms with Crippen molar-refractivity contribution < 1.29 is 18.7 Å². The molecule has 1 heterocycles. The van der Waals surface area contributed by atoms with Crippen LogP contribution in [0.3, 0.4) is 0 Å². The van der Waals surface area contributed by atoms with Gasteiger partial charge in [-0.3, -0.25) is 4.79 Å². The van der Waals surface area contributed by atoms with Crippen LogP contribution >= 0.6 is 0 Å². The third kappa shape index (κ3) is 5.00. The number of aliphatic hydroxyl groups is 1. The van der Waals surface area contributed by atoms with Gasteiger partial charge in [0, 0.05) is 30.0 Å². The number of carbonyl (C=O) groups is 1. The van der Waals surface area contributed by atoms with E-state index in [2.05, 4.69) is 15.5 Å². The summed E-state index contributed by atoms with van der Waals surface area (Å²) in [5.74, 6) is -1.44. The predicted molar refractivity (Wildman–Crippen MR) is 118 cm³/mol. The Morgan fingerprint density at radius 2 is 1.58 bits per heavy atom. The van der Waals surface area contributed by atoms with Crippen molar-refractivity contribution in [3.05, 3.63) is 83.9 Å². The van der Waals surface area contributed by atoms with Crippen molar-refractivity contribution in [3.8, 4) is 0 Å². The van der Waals surface area contributed by atoms with Gasteiger partial charge in [0.25, 0.3) is 5.91 Å². The molecule has 3 N–H and O–H groups in total. The maximum atomic E-state index is 14.4. The van der Waals surface area contributed by atoms with Gasteiger partial charge in [0.15, 0.2) is 0 Å². The lowest BCUT2D eigenvalue weighted by molar-refractivity contribution is 0.102. The number of rotatable bonds is 5. The van der Waals surface area contributed by atoms with Crippen LogP contribution in [0.2, 0.25) is 0 Å². The highest BCUT2D eigenvalue weighted by molar-refractivity contribution is 6.04. The largest absolute Gasteiger partial charge is 0.393 e. The summed E-state index contributed by atoms with van der Waals surface area (Å²) in [6, 6.07) is 17.4. The van der Waals surface area contributed by atoms with Crippen molar-refractivity contribution in [1.29, 1.82) is 0 Å². The van der Waals surface area contributed by atoms with Gasteiger partial charge in [0.05, 0.1) is 17.5 Å². The highest BCUT2D eigenvalue weighted by Crippen LogP contribution is 2.25. The number of hydrogen-bond donors (Lipinski definition) is 3. The molecule has 7 heteroatoms. The Morgan fingerprint density at radius 3 is 2.26 bits per heavy atom. The van der Waals surface area contributed by atoms with Crippen LogP contribution < -0.4 is 15.5 Å². The number of nitrogens with zero attached hydrogens (tertiary/aromatic N) is 1. The minimum Gasteiger partial charge on any atom is -0.393 e. The van der Waals surface area contributed by atoms with Gasteiger partial charge in [0.2, 0.25) is 0 Å². The zero-order chi connectivity index (χ0) is 21.8. The first-order valence-corrected chi connectivity index (χ1v) is 10.1. The molecular formula is C24H23F2N3O2. The molecule has 160 valence electrons. The van der Waals surface area contributed by atoms with E-state index < -0.39 is 11.6 Å². The summed E-state index contributed by atoms with van der Waals surface area (Å²) in [5.41, 5.74) is 2.03. The molecule has 3 aromatic carbocycles. The van der Waals surface area contributed by atoms with E-state index in [0.29, 0.717) is 11.3 Å². The molecule has 1 aliphatic rings. The maximum Gasteiger partial charge on any atom is 0.255 e. The van der Waals surface area contributed by atoms with Gasteiger partial charge in [-0.1, -0.05) is 12.1 Å². The monoisotopic (exact) mass is 423 g/mol. The van der Waals surface area contributed by atoms with Crippen molar-refractivity contribution in [1.82, 2.24) is 0 Å². The van der Waals surface area contributed by atoms with E-state index in [-0.39, 0.29) is 23.4 Å². The quantitative estimate of drug-likeness (QED) is 0.545. The summed E-state index contributed by atoms with van der Waals surface area (Å²) in [6.07, 6.45) is 1.22. The summed E-state index contributed by atoms with van der Waals surface area (Å²) in [6.45, 7) is 1.55. The first-order chi connectivity index (χ1) is 15.0. The second-order valence-corrected chi connectivity index (χ2v) is 7.52. The molecule has 31 heavy (non-hydrogen) atoms. The van der Waals surface area contributed by atoms with E-state index in [0.717, 1.165) is 31.6 Å². The van der Waals surface area contributed by atoms with Crippen LogP contribution in [0.1, 0.15) is 23.2 Å². The Morgan fingerprint density at radius 1 is 0.903 bits per heavy atom. The van der Waals surface area contributed by atoms with Crippen molar-refractivity contribution in [2.24, 2.45) is 0 Å². The lowest BCUT2D eigenvalue weighted by atomic mass is 10.1. The zero-order valence-electron chi connectivity index (χ0n) is 16.8. The number of hydrogen-bond acceptors (Lipinski definition) is 4. The Labute approximate surface area is 179 Å². The number of carbonyl (C=O) groups excluding carboxylic acids is 1. The molecular weight excluding hydrogens is 400 g/mol. The Hall–Kier alpha value is -3.45. The molecule has 1 saturated heterocycles. The fourth-order valence-electron chi connectivity index (χ4n) is 3.55. The molecule has 4 rings (SSSR count). The van der Waals surface area contributed by atoms with Crippen LogP contribution in [-0.4, -0.2) is 30.2 Å². The summed E-state index contributed by atoms with van der Waals surface area (Å²) in [5, 5.41) is 15.0. The topological polar surface area (TPSA) is 64.6 Å². The van der Waals surface area contributed by atoms with Gasteiger partial charge in [-0.15, -0.1) is 0 Å². The average Bonchev–Trinajstić information content (AvgIpc) is 2.78. The molecule has 3 aromatic rings. The fraction of sp³-hybridized carbons (Fsp3) is 0.208. The smallest absolute Gasteiger partial charge is 0.255 e. The van der Waals surface area contributed by atoms with E-state index in [1.807, 2.05) is 12.1 Å². The minimum absolute atomic E-state index is 0.110. The molecule has 0 bridgehead atoms. The third-order valence-corrected chi connectivity index (χ3v) is 5.33. The molecule has 0 atom stereocenters. The summed E-state index contributed by atoms with van der Waals surface area (Å²) >= 11 is 0. The number of benzene rings is 3. The van der Waals surface area contributed by atoms with Gasteiger partial charge in [0.1, 0.15) is 11.6 Å². The summed E-state index contributed by atoms with van der Waals surface area (Å²) in [4.78, 5) is 14.7. The average molecular weight is 423 g/mol. The second kappa shape index (κ2) is 9.14. The molecule has 5 nitrogen and oxygen atoms in total. The van der Waals surface area contributed by atoms with Crippen molar-refractivity contribution >= 4 is 28.7 Å². The first-order valence-electron chi connectivity index (χ1n) is 10.1. The number of para-hydroxylation sites is 1. The molecule has 0 aromatic heterocycles. The van der Waals surface area contributed by atoms with Crippen molar-refractivity contribution in [2.45, 2.75) is 18.9 Å². The number of halogens is 2. The summed E-state index contributed by atoms with van der Waals surface area (Å²) in [7, 11) is 0. The van der Waals surface area contributed by atoms with E-state index in [1.54, 1.807) is 30.3 Å². The van der Waals surface area contributed by atoms with Gasteiger partial charge in [-0.25, -0.2) is 8.78 Å². The lowest BCUT2D eigenvalue weighted by Gasteiger charge is -2.31. The molecule has 0 radical (unpaired) electrons. The lowest BCUT2D eigenvalue weighted by Crippen LogP contribution is -2.35. The SMILES string of the molecule is O=C(Nc1ccc(Nc2ccccc2F)c(F)c1)c1ccc(N2CCC(O)CC2)cc1. The van der Waals surface area contributed by atoms with Crippen LogP contribution in [0.5, 0.6) is 0 Å². The van der Waals surface area contributed by atoms with Crippen molar-refractivity contribution in [2.75, 3.05) is 28.6 Å². The van der Waals surface area contributed by atoms with Gasteiger partial charge in [-0.2, -0.15) is 0 Å². The standard InChI is InChI=1S/C24H23F2N3O2/c25-20-3-1-2-4-22(20)28-23-10-7-17(15-21(23)26)27-24(31)16-5-8-18(9-6-16)29-13-11-19(30)12-14-29/h1-10,15,19,28,30H,11-14H2,(H,27,31). The van der Waals surface area contributed by atoms with Crippen LogP contribution in [0, 0.1) is 11.6 Å². The van der Waals surface area contributed by atoms with Crippen LogP contribution in [0.4, 0.5) is 31.5 Å². The van der Waals surface area contributed by atoms with E-state index >= 15 is 0 Å². The van der Waals surface area contributed by atoms with E-state index in [9.17, 15) is 18.7 Å². The van der Waals surface area contributed by atoms with E-state index in [1.165, 1.54) is 24.3 Å². The number of anilines is 4. The summed E-state index contributed by atoms with van der Waals surface area (Å²) < 4.78 is 28.2. The number of aliphatic hydroxyl groups excluding tert-OH is 1. The van der Waals surface area contributed by atoms with Crippen LogP contribution in [0.15, 0.2) is 66.7 Å². The fourth-order valence-corrected chi connectivity index (χ4v) is 3.55. The highest BCUT2D eigenvalue weighted by Gasteiger charge is 2.17. The zero-order valence-corrected chi connectivity index (χ0v) is 16.8. The molecule has 1 fully saturated rings. The third-order valence-electron chi connectivity index (χ3n) is 5.33. The molecule has 1 amide bonds. The molecule has 0 unspecified atom stereocenters. The van der Waals surface area contributed by atoms with Crippen LogP contribution in [-0.2, 0) is 0 Å². The molecule has 0 spiro atoms. The Balaban J connectivity index is 1.40. The van der Waals surface area contributed by atoms with Gasteiger partial charge in [-0.05, 0) is 67.4 Å².